The van der Waals surface area contributed by atoms with Gasteiger partial charge in [0.25, 0.3) is 11.9 Å². The molecule has 1 fully saturated rings. The molecule has 2 heterocycles. The number of hydrogen-bond donors (Lipinski definition) is 2. The number of carbonyl (C=O) groups is 1. The highest BCUT2D eigenvalue weighted by molar-refractivity contribution is 9.10. The molecule has 30 heavy (non-hydrogen) atoms. The number of carbonyl (C=O) groups excluding carboxylic acids is 1. The van der Waals surface area contributed by atoms with Crippen LogP contribution in [0.3, 0.4) is 0 Å². The molecule has 8 nitrogen and oxygen atoms in total. The summed E-state index contributed by atoms with van der Waals surface area (Å²) in [6, 6.07) is 9.13. The van der Waals surface area contributed by atoms with E-state index in [0.717, 1.165) is 0 Å². The van der Waals surface area contributed by atoms with Crippen molar-refractivity contribution in [2.45, 2.75) is 37.4 Å². The zero-order chi connectivity index (χ0) is 21.6. The van der Waals surface area contributed by atoms with Crippen molar-refractivity contribution in [3.05, 3.63) is 62.1 Å². The first-order valence-corrected chi connectivity index (χ1v) is 10.5. The van der Waals surface area contributed by atoms with E-state index in [9.17, 15) is 14.9 Å². The maximum absolute atomic E-state index is 13.1. The summed E-state index contributed by atoms with van der Waals surface area (Å²) in [5, 5.41) is 18.5. The van der Waals surface area contributed by atoms with Crippen molar-refractivity contribution < 1.29 is 19.2 Å². The molecule has 4 atom stereocenters. The quantitative estimate of drug-likeness (QED) is 0.507. The van der Waals surface area contributed by atoms with Crippen molar-refractivity contribution >= 4 is 27.5 Å². The van der Waals surface area contributed by atoms with E-state index in [0.29, 0.717) is 39.4 Å². The van der Waals surface area contributed by atoms with Crippen LogP contribution in [0, 0.1) is 10.1 Å². The third kappa shape index (κ3) is 2.87. The second-order valence-electron chi connectivity index (χ2n) is 7.46. The molecule has 2 aromatic carbocycles. The Hall–Kier alpha value is -2.65. The lowest BCUT2D eigenvalue weighted by atomic mass is 9.78. The minimum atomic E-state index is -1.44. The number of anilines is 1. The van der Waals surface area contributed by atoms with E-state index in [1.807, 2.05) is 19.9 Å². The molecule has 0 aromatic heterocycles. The summed E-state index contributed by atoms with van der Waals surface area (Å²) in [5.74, 6) is 0.0425. The number of para-hydroxylation sites is 1. The van der Waals surface area contributed by atoms with Crippen molar-refractivity contribution in [1.29, 1.82) is 0 Å². The number of ether oxygens (including phenoxy) is 2. The van der Waals surface area contributed by atoms with Crippen LogP contribution in [0.15, 0.2) is 40.9 Å². The average molecular weight is 476 g/mol. The minimum absolute atomic E-state index is 0.341. The molecule has 2 aromatic rings. The monoisotopic (exact) mass is 475 g/mol. The van der Waals surface area contributed by atoms with Gasteiger partial charge in [0.2, 0.25) is 0 Å². The fourth-order valence-electron chi connectivity index (χ4n) is 4.77. The molecule has 9 heteroatoms. The van der Waals surface area contributed by atoms with Gasteiger partial charge in [0.15, 0.2) is 17.0 Å². The van der Waals surface area contributed by atoms with Crippen LogP contribution in [0.2, 0.25) is 0 Å². The van der Waals surface area contributed by atoms with E-state index in [1.54, 1.807) is 30.3 Å². The molecule has 1 amide bonds. The summed E-state index contributed by atoms with van der Waals surface area (Å²) in [7, 11) is 1.53. The van der Waals surface area contributed by atoms with Gasteiger partial charge in [-0.3, -0.25) is 20.2 Å². The number of rotatable bonds is 5. The van der Waals surface area contributed by atoms with Crippen molar-refractivity contribution in [2.24, 2.45) is 0 Å². The van der Waals surface area contributed by atoms with Gasteiger partial charge in [-0.1, -0.05) is 18.2 Å². The summed E-state index contributed by atoms with van der Waals surface area (Å²) in [6.07, 6.45) is 0. The van der Waals surface area contributed by atoms with Crippen molar-refractivity contribution in [1.82, 2.24) is 5.32 Å². The number of nitrogens with zero attached hydrogens (tertiary/aromatic N) is 1. The van der Waals surface area contributed by atoms with E-state index >= 15 is 0 Å². The lowest BCUT2D eigenvalue weighted by Crippen LogP contribution is -2.54. The Labute approximate surface area is 182 Å². The lowest BCUT2D eigenvalue weighted by Gasteiger charge is -2.25. The van der Waals surface area contributed by atoms with Crippen molar-refractivity contribution in [2.75, 3.05) is 19.0 Å². The normalized spacial score (nSPS) is 27.1. The SMILES string of the molecule is CCOc1c(Br)cc([C@@H]2[C@H](C)N[C@@]3(C(=O)Nc4ccccc43)[C@H]2[N+](=O)[O-])cc1OC. The molecule has 0 unspecified atom stereocenters. The Morgan fingerprint density at radius 2 is 2.03 bits per heavy atom. The highest BCUT2D eigenvalue weighted by atomic mass is 79.9. The minimum Gasteiger partial charge on any atom is -0.493 e. The second kappa shape index (κ2) is 7.55. The molecule has 0 radical (unpaired) electrons. The number of methoxy groups -OCH3 is 1. The van der Waals surface area contributed by atoms with Gasteiger partial charge in [-0.2, -0.15) is 0 Å². The number of hydrogen-bond acceptors (Lipinski definition) is 6. The molecular formula is C21H22BrN3O5. The Balaban J connectivity index is 1.87. The fourth-order valence-corrected chi connectivity index (χ4v) is 5.34. The van der Waals surface area contributed by atoms with E-state index in [-0.39, 0.29) is 11.0 Å². The van der Waals surface area contributed by atoms with Crippen LogP contribution in [0.5, 0.6) is 11.5 Å². The first-order chi connectivity index (χ1) is 14.3. The van der Waals surface area contributed by atoms with E-state index in [1.165, 1.54) is 7.11 Å². The maximum atomic E-state index is 13.1. The number of amides is 1. The van der Waals surface area contributed by atoms with Gasteiger partial charge >= 0.3 is 0 Å². The third-order valence-corrected chi connectivity index (χ3v) is 6.48. The summed E-state index contributed by atoms with van der Waals surface area (Å²) in [4.78, 5) is 25.1. The smallest absolute Gasteiger partial charge is 0.256 e. The highest BCUT2D eigenvalue weighted by Gasteiger charge is 2.67. The topological polar surface area (TPSA) is 103 Å². The van der Waals surface area contributed by atoms with Gasteiger partial charge < -0.3 is 14.8 Å². The molecule has 2 N–H and O–H groups in total. The van der Waals surface area contributed by atoms with Gasteiger partial charge in [-0.05, 0) is 53.5 Å². The number of nitro groups is 1. The summed E-state index contributed by atoms with van der Waals surface area (Å²) < 4.78 is 11.8. The van der Waals surface area contributed by atoms with E-state index in [4.69, 9.17) is 9.47 Å². The molecule has 1 spiro atoms. The summed E-state index contributed by atoms with van der Waals surface area (Å²) >= 11 is 3.50. The molecule has 0 saturated carbocycles. The molecule has 4 rings (SSSR count). The van der Waals surface area contributed by atoms with Gasteiger partial charge in [0, 0.05) is 22.2 Å². The third-order valence-electron chi connectivity index (χ3n) is 5.89. The largest absolute Gasteiger partial charge is 0.493 e. The molecule has 0 bridgehead atoms. The van der Waals surface area contributed by atoms with Crippen LogP contribution in [0.1, 0.15) is 30.9 Å². The standard InChI is InChI=1S/C21H22BrN3O5/c1-4-30-18-14(22)9-12(10-16(18)29-3)17-11(2)24-21(19(17)25(27)28)13-7-5-6-8-15(13)23-20(21)26/h5-11,17,19,24H,4H2,1-3H3,(H,23,26)/t11-,17-,19-,21+/m0/s1. The van der Waals surface area contributed by atoms with E-state index < -0.39 is 23.4 Å². The van der Waals surface area contributed by atoms with Crippen LogP contribution in [-0.4, -0.2) is 36.6 Å². The highest BCUT2D eigenvalue weighted by Crippen LogP contribution is 2.51. The number of fused-ring (bicyclic) bond motifs is 2. The predicted molar refractivity (Wildman–Crippen MR) is 115 cm³/mol. The molecule has 1 saturated heterocycles. The van der Waals surface area contributed by atoms with Gasteiger partial charge in [-0.15, -0.1) is 0 Å². The zero-order valence-corrected chi connectivity index (χ0v) is 18.4. The number of nitrogens with one attached hydrogen (secondary N) is 2. The Morgan fingerprint density at radius 3 is 2.70 bits per heavy atom. The molecule has 158 valence electrons. The van der Waals surface area contributed by atoms with Crippen LogP contribution in [0.4, 0.5) is 5.69 Å². The first kappa shape index (κ1) is 20.6. The Kier molecular flexibility index (Phi) is 5.19. The van der Waals surface area contributed by atoms with Crippen LogP contribution in [0.25, 0.3) is 0 Å². The van der Waals surface area contributed by atoms with Crippen molar-refractivity contribution in [3.63, 3.8) is 0 Å². The van der Waals surface area contributed by atoms with Crippen LogP contribution < -0.4 is 20.1 Å². The lowest BCUT2D eigenvalue weighted by molar-refractivity contribution is -0.532. The molecule has 2 aliphatic rings. The predicted octanol–water partition coefficient (Wildman–Crippen LogP) is 3.42. The zero-order valence-electron chi connectivity index (χ0n) is 16.8. The summed E-state index contributed by atoms with van der Waals surface area (Å²) in [6.45, 7) is 4.18. The average Bonchev–Trinajstić information content (AvgIpc) is 3.18. The second-order valence-corrected chi connectivity index (χ2v) is 8.32. The first-order valence-electron chi connectivity index (χ1n) is 9.67. The summed E-state index contributed by atoms with van der Waals surface area (Å²) in [5.41, 5.74) is 0.448. The number of benzene rings is 2. The number of halogens is 1. The van der Waals surface area contributed by atoms with Gasteiger partial charge in [-0.25, -0.2) is 0 Å². The molecule has 0 aliphatic carbocycles. The van der Waals surface area contributed by atoms with Gasteiger partial charge in [0.05, 0.1) is 24.1 Å². The molecule has 2 aliphatic heterocycles. The van der Waals surface area contributed by atoms with Crippen LogP contribution in [-0.2, 0) is 10.3 Å². The fraction of sp³-hybridized carbons (Fsp3) is 0.381. The van der Waals surface area contributed by atoms with Crippen molar-refractivity contribution in [3.8, 4) is 11.5 Å². The molecular weight excluding hydrogens is 454 g/mol. The van der Waals surface area contributed by atoms with Gasteiger partial charge in [0.1, 0.15) is 0 Å². The Morgan fingerprint density at radius 1 is 1.30 bits per heavy atom. The maximum Gasteiger partial charge on any atom is 0.256 e. The van der Waals surface area contributed by atoms with Crippen LogP contribution >= 0.6 is 15.9 Å². The van der Waals surface area contributed by atoms with E-state index in [2.05, 4.69) is 26.6 Å². The Bertz CT molecular complexity index is 1030.